The lowest BCUT2D eigenvalue weighted by Gasteiger charge is -2.40. The third-order valence-corrected chi connectivity index (χ3v) is 7.11. The van der Waals surface area contributed by atoms with Crippen LogP contribution in [0.1, 0.15) is 30.7 Å². The summed E-state index contributed by atoms with van der Waals surface area (Å²) in [6, 6.07) is 12.2. The minimum absolute atomic E-state index is 0.163. The SMILES string of the molecule is CC(c1cccs1)N(C)C1CCN(c2ccc(S(N)(=O)=O)cc2)CC1. The zero-order valence-electron chi connectivity index (χ0n) is 14.6. The number of primary sulfonamides is 1. The van der Waals surface area contributed by atoms with E-state index in [-0.39, 0.29) is 4.90 Å². The summed E-state index contributed by atoms with van der Waals surface area (Å²) in [6.07, 6.45) is 2.20. The lowest BCUT2D eigenvalue weighted by atomic mass is 10.0. The molecule has 0 aliphatic carbocycles. The molecule has 136 valence electrons. The molecule has 25 heavy (non-hydrogen) atoms. The van der Waals surface area contributed by atoms with Gasteiger partial charge in [-0.05, 0) is 62.5 Å². The van der Waals surface area contributed by atoms with Gasteiger partial charge in [-0.15, -0.1) is 11.3 Å². The molecular weight excluding hydrogens is 354 g/mol. The van der Waals surface area contributed by atoms with Gasteiger partial charge in [0.2, 0.25) is 10.0 Å². The van der Waals surface area contributed by atoms with E-state index in [1.165, 1.54) is 4.88 Å². The number of sulfonamides is 1. The van der Waals surface area contributed by atoms with Crippen LogP contribution >= 0.6 is 11.3 Å². The number of thiophene rings is 1. The van der Waals surface area contributed by atoms with Gasteiger partial charge in [0.25, 0.3) is 0 Å². The van der Waals surface area contributed by atoms with E-state index in [4.69, 9.17) is 5.14 Å². The minimum atomic E-state index is -3.63. The topological polar surface area (TPSA) is 66.6 Å². The molecule has 1 unspecified atom stereocenters. The van der Waals surface area contributed by atoms with E-state index in [1.807, 2.05) is 23.5 Å². The van der Waals surface area contributed by atoms with E-state index in [1.54, 1.807) is 12.1 Å². The van der Waals surface area contributed by atoms with Gasteiger partial charge in [-0.25, -0.2) is 13.6 Å². The number of hydrogen-bond donors (Lipinski definition) is 1. The lowest BCUT2D eigenvalue weighted by molar-refractivity contribution is 0.161. The highest BCUT2D eigenvalue weighted by Gasteiger charge is 2.26. The molecule has 1 fully saturated rings. The van der Waals surface area contributed by atoms with Crippen LogP contribution in [-0.2, 0) is 10.0 Å². The van der Waals surface area contributed by atoms with Crippen molar-refractivity contribution in [1.82, 2.24) is 4.90 Å². The van der Waals surface area contributed by atoms with E-state index >= 15 is 0 Å². The highest BCUT2D eigenvalue weighted by atomic mass is 32.2. The largest absolute Gasteiger partial charge is 0.371 e. The molecule has 2 heterocycles. The van der Waals surface area contributed by atoms with Crippen LogP contribution < -0.4 is 10.0 Å². The van der Waals surface area contributed by atoms with Gasteiger partial charge in [0, 0.05) is 35.7 Å². The van der Waals surface area contributed by atoms with Gasteiger partial charge in [-0.1, -0.05) is 6.07 Å². The fourth-order valence-corrected chi connectivity index (χ4v) is 4.77. The van der Waals surface area contributed by atoms with Gasteiger partial charge < -0.3 is 4.90 Å². The first-order valence-electron chi connectivity index (χ1n) is 8.49. The average molecular weight is 380 g/mol. The van der Waals surface area contributed by atoms with Crippen molar-refractivity contribution >= 4 is 27.0 Å². The standard InChI is InChI=1S/C18H25N3O2S2/c1-14(18-4-3-13-24-18)20(2)15-9-11-21(12-10-15)16-5-7-17(8-6-16)25(19,22)23/h3-8,13-15H,9-12H2,1-2H3,(H2,19,22,23). The van der Waals surface area contributed by atoms with E-state index in [0.717, 1.165) is 31.6 Å². The fourth-order valence-electron chi connectivity index (χ4n) is 3.42. The molecule has 1 aromatic heterocycles. The molecule has 1 saturated heterocycles. The molecule has 0 saturated carbocycles. The molecule has 1 aromatic carbocycles. The molecule has 0 spiro atoms. The van der Waals surface area contributed by atoms with Crippen molar-refractivity contribution in [2.24, 2.45) is 5.14 Å². The van der Waals surface area contributed by atoms with Crippen LogP contribution in [0.3, 0.4) is 0 Å². The molecule has 1 aliphatic rings. The Morgan fingerprint density at radius 2 is 1.84 bits per heavy atom. The summed E-state index contributed by atoms with van der Waals surface area (Å²) in [6.45, 7) is 4.21. The van der Waals surface area contributed by atoms with Gasteiger partial charge in [-0.3, -0.25) is 4.90 Å². The zero-order valence-corrected chi connectivity index (χ0v) is 16.3. The minimum Gasteiger partial charge on any atom is -0.371 e. The smallest absolute Gasteiger partial charge is 0.238 e. The first-order valence-corrected chi connectivity index (χ1v) is 10.9. The Morgan fingerprint density at radius 1 is 1.20 bits per heavy atom. The van der Waals surface area contributed by atoms with Crippen molar-refractivity contribution in [3.8, 4) is 0 Å². The Labute approximate surface area is 154 Å². The van der Waals surface area contributed by atoms with Crippen molar-refractivity contribution in [2.45, 2.75) is 36.7 Å². The summed E-state index contributed by atoms with van der Waals surface area (Å²) in [5.41, 5.74) is 1.06. The first kappa shape index (κ1) is 18.4. The Hall–Kier alpha value is -1.41. The number of piperidine rings is 1. The summed E-state index contributed by atoms with van der Waals surface area (Å²) in [4.78, 5) is 6.36. The highest BCUT2D eigenvalue weighted by molar-refractivity contribution is 7.89. The maximum absolute atomic E-state index is 11.4. The van der Waals surface area contributed by atoms with Crippen molar-refractivity contribution in [3.63, 3.8) is 0 Å². The average Bonchev–Trinajstić information content (AvgIpc) is 3.14. The van der Waals surface area contributed by atoms with Crippen molar-refractivity contribution < 1.29 is 8.42 Å². The number of hydrogen-bond acceptors (Lipinski definition) is 5. The van der Waals surface area contributed by atoms with Crippen LogP contribution in [0.2, 0.25) is 0 Å². The third kappa shape index (κ3) is 4.23. The van der Waals surface area contributed by atoms with E-state index < -0.39 is 10.0 Å². The number of nitrogens with zero attached hydrogens (tertiary/aromatic N) is 2. The summed E-state index contributed by atoms with van der Waals surface area (Å²) < 4.78 is 22.7. The third-order valence-electron chi connectivity index (χ3n) is 5.14. The van der Waals surface area contributed by atoms with Gasteiger partial charge in [0.1, 0.15) is 0 Å². The molecule has 0 bridgehead atoms. The van der Waals surface area contributed by atoms with Gasteiger partial charge in [-0.2, -0.15) is 0 Å². The predicted molar refractivity (Wildman–Crippen MR) is 104 cm³/mol. The Balaban J connectivity index is 1.60. The summed E-state index contributed by atoms with van der Waals surface area (Å²) in [7, 11) is -1.41. The molecule has 5 nitrogen and oxygen atoms in total. The Kier molecular flexibility index (Phi) is 5.48. The zero-order chi connectivity index (χ0) is 18.0. The summed E-state index contributed by atoms with van der Waals surface area (Å²) in [5.74, 6) is 0. The highest BCUT2D eigenvalue weighted by Crippen LogP contribution is 2.29. The second-order valence-corrected chi connectivity index (χ2v) is 9.15. The van der Waals surface area contributed by atoms with Crippen LogP contribution in [0.25, 0.3) is 0 Å². The van der Waals surface area contributed by atoms with Crippen molar-refractivity contribution in [2.75, 3.05) is 25.0 Å². The summed E-state index contributed by atoms with van der Waals surface area (Å²) in [5, 5.41) is 7.29. The molecule has 7 heteroatoms. The molecule has 3 rings (SSSR count). The normalized spacial score (nSPS) is 17.8. The Morgan fingerprint density at radius 3 is 2.36 bits per heavy atom. The van der Waals surface area contributed by atoms with Gasteiger partial charge in [0.05, 0.1) is 4.90 Å². The second kappa shape index (κ2) is 7.45. The van der Waals surface area contributed by atoms with Crippen LogP contribution in [0.4, 0.5) is 5.69 Å². The summed E-state index contributed by atoms with van der Waals surface area (Å²) >= 11 is 1.81. The van der Waals surface area contributed by atoms with Gasteiger partial charge >= 0.3 is 0 Å². The number of anilines is 1. The molecule has 2 aromatic rings. The van der Waals surface area contributed by atoms with E-state index in [0.29, 0.717) is 12.1 Å². The van der Waals surface area contributed by atoms with Crippen LogP contribution in [0.15, 0.2) is 46.7 Å². The monoisotopic (exact) mass is 379 g/mol. The van der Waals surface area contributed by atoms with Crippen molar-refractivity contribution in [3.05, 3.63) is 46.7 Å². The molecule has 1 aliphatic heterocycles. The fraction of sp³-hybridized carbons (Fsp3) is 0.444. The van der Waals surface area contributed by atoms with Crippen LogP contribution in [0, 0.1) is 0 Å². The van der Waals surface area contributed by atoms with E-state index in [2.05, 4.69) is 41.3 Å². The number of rotatable bonds is 5. The first-order chi connectivity index (χ1) is 11.9. The van der Waals surface area contributed by atoms with E-state index in [9.17, 15) is 8.42 Å². The van der Waals surface area contributed by atoms with Crippen LogP contribution in [-0.4, -0.2) is 39.5 Å². The van der Waals surface area contributed by atoms with Crippen molar-refractivity contribution in [1.29, 1.82) is 0 Å². The molecule has 0 amide bonds. The van der Waals surface area contributed by atoms with Crippen LogP contribution in [0.5, 0.6) is 0 Å². The molecule has 0 radical (unpaired) electrons. The molecule has 1 atom stereocenters. The predicted octanol–water partition coefficient (Wildman–Crippen LogP) is 3.06. The molecular formula is C18H25N3O2S2. The Bertz CT molecular complexity index is 780. The molecule has 2 N–H and O–H groups in total. The second-order valence-electron chi connectivity index (χ2n) is 6.61. The maximum Gasteiger partial charge on any atom is 0.238 e. The number of nitrogens with two attached hydrogens (primary N) is 1. The lowest BCUT2D eigenvalue weighted by Crippen LogP contribution is -2.44. The quantitative estimate of drug-likeness (QED) is 0.867. The number of benzene rings is 1. The maximum atomic E-state index is 11.4. The van der Waals surface area contributed by atoms with Gasteiger partial charge in [0.15, 0.2) is 0 Å².